The molecule has 0 atom stereocenters. The lowest BCUT2D eigenvalue weighted by Crippen LogP contribution is -2.13. The van der Waals surface area contributed by atoms with Crippen LogP contribution in [0.2, 0.25) is 0 Å². The Bertz CT molecular complexity index is 918. The number of rotatable bonds is 4. The highest BCUT2D eigenvalue weighted by molar-refractivity contribution is 5.50. The predicted octanol–water partition coefficient (Wildman–Crippen LogP) is 3.34. The standard InChI is InChI=1S/C22H24N2O2/c1-15-16(2)22(14-24-11-7-20(26)8-12-24)18(4)17(3)21(15)13-23-9-5-19(25)6-10-23/h5-12H,13-14H2,1-4H3. The van der Waals surface area contributed by atoms with Crippen LogP contribution in [-0.4, -0.2) is 9.13 Å². The van der Waals surface area contributed by atoms with Crippen molar-refractivity contribution >= 4 is 0 Å². The Hall–Kier alpha value is -2.88. The van der Waals surface area contributed by atoms with Gasteiger partial charge in [0, 0.05) is 62.1 Å². The summed E-state index contributed by atoms with van der Waals surface area (Å²) in [6.07, 6.45) is 7.33. The molecule has 0 fully saturated rings. The first-order valence-electron chi connectivity index (χ1n) is 8.77. The van der Waals surface area contributed by atoms with Crippen LogP contribution in [0.25, 0.3) is 0 Å². The molecule has 0 radical (unpaired) electrons. The Balaban J connectivity index is 2.01. The average molecular weight is 348 g/mol. The summed E-state index contributed by atoms with van der Waals surface area (Å²) in [6.45, 7) is 10.1. The van der Waals surface area contributed by atoms with Crippen LogP contribution in [0, 0.1) is 27.7 Å². The summed E-state index contributed by atoms with van der Waals surface area (Å²) in [4.78, 5) is 22.6. The second-order valence-corrected chi connectivity index (χ2v) is 6.87. The third-order valence-corrected chi connectivity index (χ3v) is 5.34. The Morgan fingerprint density at radius 2 is 0.846 bits per heavy atom. The summed E-state index contributed by atoms with van der Waals surface area (Å²) in [6, 6.07) is 6.37. The van der Waals surface area contributed by atoms with E-state index < -0.39 is 0 Å². The number of hydrogen-bond acceptors (Lipinski definition) is 2. The molecule has 134 valence electrons. The lowest BCUT2D eigenvalue weighted by Gasteiger charge is -2.22. The maximum absolute atomic E-state index is 11.3. The highest BCUT2D eigenvalue weighted by Crippen LogP contribution is 2.28. The van der Waals surface area contributed by atoms with Gasteiger partial charge < -0.3 is 9.13 Å². The van der Waals surface area contributed by atoms with Crippen molar-refractivity contribution < 1.29 is 0 Å². The van der Waals surface area contributed by atoms with Crippen LogP contribution in [0.5, 0.6) is 0 Å². The first-order chi connectivity index (χ1) is 12.4. The first kappa shape index (κ1) is 17.9. The maximum atomic E-state index is 11.3. The van der Waals surface area contributed by atoms with Gasteiger partial charge in [-0.3, -0.25) is 9.59 Å². The fourth-order valence-electron chi connectivity index (χ4n) is 3.41. The molecule has 0 saturated heterocycles. The van der Waals surface area contributed by atoms with E-state index in [4.69, 9.17) is 0 Å². The minimum Gasteiger partial charge on any atom is -0.350 e. The van der Waals surface area contributed by atoms with Crippen molar-refractivity contribution in [3.63, 3.8) is 0 Å². The predicted molar refractivity (Wildman–Crippen MR) is 105 cm³/mol. The first-order valence-corrected chi connectivity index (χ1v) is 8.77. The van der Waals surface area contributed by atoms with Crippen molar-refractivity contribution in [2.75, 3.05) is 0 Å². The number of hydrogen-bond donors (Lipinski definition) is 0. The fraction of sp³-hybridized carbons (Fsp3) is 0.273. The molecule has 3 aromatic rings. The van der Waals surface area contributed by atoms with Crippen molar-refractivity contribution in [2.24, 2.45) is 0 Å². The summed E-state index contributed by atoms with van der Waals surface area (Å²) in [5.41, 5.74) is 7.77. The minimum absolute atomic E-state index is 0.0264. The Morgan fingerprint density at radius 1 is 0.577 bits per heavy atom. The van der Waals surface area contributed by atoms with E-state index in [2.05, 4.69) is 27.7 Å². The van der Waals surface area contributed by atoms with E-state index in [1.807, 2.05) is 33.9 Å². The van der Waals surface area contributed by atoms with E-state index in [0.717, 1.165) is 13.1 Å². The molecule has 26 heavy (non-hydrogen) atoms. The van der Waals surface area contributed by atoms with Gasteiger partial charge in [-0.05, 0) is 61.1 Å². The maximum Gasteiger partial charge on any atom is 0.181 e. The van der Waals surface area contributed by atoms with Crippen molar-refractivity contribution in [3.05, 3.63) is 103 Å². The second kappa shape index (κ2) is 7.16. The van der Waals surface area contributed by atoms with Crippen LogP contribution in [0.3, 0.4) is 0 Å². The van der Waals surface area contributed by atoms with Gasteiger partial charge >= 0.3 is 0 Å². The number of aromatic nitrogens is 2. The monoisotopic (exact) mass is 348 g/mol. The largest absolute Gasteiger partial charge is 0.350 e. The van der Waals surface area contributed by atoms with E-state index in [1.54, 1.807) is 24.3 Å². The van der Waals surface area contributed by atoms with Crippen molar-refractivity contribution in [2.45, 2.75) is 40.8 Å². The summed E-state index contributed by atoms with van der Waals surface area (Å²) in [5, 5.41) is 0. The van der Waals surface area contributed by atoms with E-state index in [0.29, 0.717) is 0 Å². The molecule has 0 saturated carbocycles. The van der Waals surface area contributed by atoms with Gasteiger partial charge in [-0.25, -0.2) is 0 Å². The van der Waals surface area contributed by atoms with Crippen LogP contribution < -0.4 is 10.9 Å². The molecule has 0 spiro atoms. The summed E-state index contributed by atoms with van der Waals surface area (Å²) in [5.74, 6) is 0. The molecule has 0 bridgehead atoms. The van der Waals surface area contributed by atoms with E-state index in [9.17, 15) is 9.59 Å². The molecule has 0 aliphatic carbocycles. The van der Waals surface area contributed by atoms with Crippen molar-refractivity contribution in [3.8, 4) is 0 Å². The molecule has 2 aromatic heterocycles. The quantitative estimate of drug-likeness (QED) is 0.726. The van der Waals surface area contributed by atoms with Crippen LogP contribution in [0.1, 0.15) is 33.4 Å². The Morgan fingerprint density at radius 3 is 1.12 bits per heavy atom. The molecule has 4 nitrogen and oxygen atoms in total. The van der Waals surface area contributed by atoms with Gasteiger partial charge in [0.1, 0.15) is 0 Å². The third-order valence-electron chi connectivity index (χ3n) is 5.34. The Labute approximate surface area is 153 Å². The SMILES string of the molecule is Cc1c(C)c(Cn2ccc(=O)cc2)c(C)c(C)c1Cn1ccc(=O)cc1. The van der Waals surface area contributed by atoms with Crippen molar-refractivity contribution in [1.82, 2.24) is 9.13 Å². The van der Waals surface area contributed by atoms with Gasteiger partial charge in [-0.2, -0.15) is 0 Å². The van der Waals surface area contributed by atoms with Crippen LogP contribution in [-0.2, 0) is 13.1 Å². The number of benzene rings is 1. The second-order valence-electron chi connectivity index (χ2n) is 6.87. The molecule has 4 heteroatoms. The summed E-state index contributed by atoms with van der Waals surface area (Å²) < 4.78 is 4.08. The van der Waals surface area contributed by atoms with E-state index in [-0.39, 0.29) is 10.9 Å². The van der Waals surface area contributed by atoms with Gasteiger partial charge in [-0.15, -0.1) is 0 Å². The highest BCUT2D eigenvalue weighted by atomic mass is 16.1. The lowest BCUT2D eigenvalue weighted by atomic mass is 9.88. The molecule has 0 aliphatic heterocycles. The molecule has 3 rings (SSSR count). The highest BCUT2D eigenvalue weighted by Gasteiger charge is 2.15. The molecule has 0 amide bonds. The molecule has 2 heterocycles. The molecular formula is C22H24N2O2. The molecule has 1 aromatic carbocycles. The van der Waals surface area contributed by atoms with Gasteiger partial charge in [0.15, 0.2) is 10.9 Å². The zero-order chi connectivity index (χ0) is 18.8. The Kier molecular flexibility index (Phi) is 4.94. The zero-order valence-corrected chi connectivity index (χ0v) is 15.7. The van der Waals surface area contributed by atoms with Crippen LogP contribution >= 0.6 is 0 Å². The fourth-order valence-corrected chi connectivity index (χ4v) is 3.41. The summed E-state index contributed by atoms with van der Waals surface area (Å²) >= 11 is 0. The average Bonchev–Trinajstić information content (AvgIpc) is 2.64. The topological polar surface area (TPSA) is 44.0 Å². The zero-order valence-electron chi connectivity index (χ0n) is 15.7. The van der Waals surface area contributed by atoms with Gasteiger partial charge in [-0.1, -0.05) is 0 Å². The third kappa shape index (κ3) is 3.54. The van der Waals surface area contributed by atoms with Gasteiger partial charge in [0.25, 0.3) is 0 Å². The van der Waals surface area contributed by atoms with Gasteiger partial charge in [0.2, 0.25) is 0 Å². The lowest BCUT2D eigenvalue weighted by molar-refractivity contribution is 0.756. The summed E-state index contributed by atoms with van der Waals surface area (Å²) in [7, 11) is 0. The van der Waals surface area contributed by atoms with E-state index >= 15 is 0 Å². The molecular weight excluding hydrogens is 324 g/mol. The van der Waals surface area contributed by atoms with Crippen molar-refractivity contribution in [1.29, 1.82) is 0 Å². The van der Waals surface area contributed by atoms with Crippen LogP contribution in [0.15, 0.2) is 58.6 Å². The molecule has 0 unspecified atom stereocenters. The normalized spacial score (nSPS) is 10.9. The number of pyridine rings is 2. The van der Waals surface area contributed by atoms with Crippen LogP contribution in [0.4, 0.5) is 0 Å². The van der Waals surface area contributed by atoms with Gasteiger partial charge in [0.05, 0.1) is 0 Å². The molecule has 0 N–H and O–H groups in total. The number of nitrogens with zero attached hydrogens (tertiary/aromatic N) is 2. The van der Waals surface area contributed by atoms with E-state index in [1.165, 1.54) is 33.4 Å². The minimum atomic E-state index is 0.0264. The smallest absolute Gasteiger partial charge is 0.181 e. The molecule has 0 aliphatic rings.